The van der Waals surface area contributed by atoms with E-state index in [0.717, 1.165) is 30.7 Å². The van der Waals surface area contributed by atoms with Crippen LogP contribution in [0, 0.1) is 0 Å². The molecule has 0 spiro atoms. The van der Waals surface area contributed by atoms with Gasteiger partial charge in [-0.2, -0.15) is 5.10 Å². The third-order valence-corrected chi connectivity index (χ3v) is 7.35. The monoisotopic (exact) mass is 414 g/mol. The molecule has 1 aliphatic carbocycles. The van der Waals surface area contributed by atoms with Gasteiger partial charge in [0.1, 0.15) is 0 Å². The Morgan fingerprint density at radius 3 is 2.55 bits per heavy atom. The molecule has 7 heteroatoms. The van der Waals surface area contributed by atoms with Crippen molar-refractivity contribution in [3.8, 4) is 0 Å². The van der Waals surface area contributed by atoms with Crippen molar-refractivity contribution in [2.45, 2.75) is 56.9 Å². The summed E-state index contributed by atoms with van der Waals surface area (Å²) in [6.45, 7) is 3.99. The lowest BCUT2D eigenvalue weighted by molar-refractivity contribution is -0.118. The predicted octanol–water partition coefficient (Wildman–Crippen LogP) is 2.78. The van der Waals surface area contributed by atoms with Gasteiger partial charge in [-0.25, -0.2) is 4.68 Å². The molecule has 0 unspecified atom stereocenters. The number of aromatic nitrogens is 2. The maximum absolute atomic E-state index is 12.9. The fraction of sp³-hybridized carbons (Fsp3) is 0.591. The Morgan fingerprint density at radius 1 is 1.07 bits per heavy atom. The minimum Gasteiger partial charge on any atom is -0.350 e. The second kappa shape index (κ2) is 9.76. The largest absolute Gasteiger partial charge is 0.350 e. The highest BCUT2D eigenvalue weighted by atomic mass is 32.2. The summed E-state index contributed by atoms with van der Waals surface area (Å²) in [5.74, 6) is 0.541. The van der Waals surface area contributed by atoms with Gasteiger partial charge in [0, 0.05) is 17.2 Å². The van der Waals surface area contributed by atoms with E-state index in [4.69, 9.17) is 0 Å². The molecule has 2 fully saturated rings. The van der Waals surface area contributed by atoms with E-state index in [1.54, 1.807) is 16.4 Å². The number of carbonyl (C=O) groups is 1. The van der Waals surface area contributed by atoms with E-state index in [2.05, 4.69) is 15.3 Å². The van der Waals surface area contributed by atoms with Gasteiger partial charge in [-0.05, 0) is 44.8 Å². The Kier molecular flexibility index (Phi) is 6.87. The van der Waals surface area contributed by atoms with Crippen LogP contribution in [0.4, 0.5) is 0 Å². The number of nitrogens with one attached hydrogen (secondary N) is 1. The van der Waals surface area contributed by atoms with Crippen LogP contribution in [-0.4, -0.2) is 51.2 Å². The fourth-order valence-corrected chi connectivity index (χ4v) is 5.47. The van der Waals surface area contributed by atoms with Crippen molar-refractivity contribution in [1.82, 2.24) is 20.0 Å². The van der Waals surface area contributed by atoms with E-state index in [1.807, 2.05) is 24.3 Å². The summed E-state index contributed by atoms with van der Waals surface area (Å²) in [6.07, 6.45) is 7.49. The van der Waals surface area contributed by atoms with Crippen molar-refractivity contribution in [1.29, 1.82) is 0 Å². The minimum absolute atomic E-state index is 0.0441. The molecule has 2 heterocycles. The molecular weight excluding hydrogens is 384 g/mol. The zero-order valence-electron chi connectivity index (χ0n) is 16.9. The molecule has 2 aliphatic rings. The van der Waals surface area contributed by atoms with Gasteiger partial charge in [-0.3, -0.25) is 9.59 Å². The van der Waals surface area contributed by atoms with Crippen molar-refractivity contribution in [3.63, 3.8) is 0 Å². The minimum atomic E-state index is -0.0494. The average Bonchev–Trinajstić information content (AvgIpc) is 3.45. The maximum Gasteiger partial charge on any atom is 0.274 e. The number of fused-ring (bicyclic) bond motifs is 1. The molecule has 1 saturated heterocycles. The molecule has 4 rings (SSSR count). The van der Waals surface area contributed by atoms with E-state index in [0.29, 0.717) is 29.5 Å². The highest BCUT2D eigenvalue weighted by Crippen LogP contribution is 2.29. The Bertz CT molecular complexity index is 901. The molecule has 6 nitrogen and oxygen atoms in total. The van der Waals surface area contributed by atoms with E-state index in [1.165, 1.54) is 38.5 Å². The molecule has 2 aromatic rings. The first-order chi connectivity index (χ1) is 14.2. The van der Waals surface area contributed by atoms with Crippen molar-refractivity contribution in [2.24, 2.45) is 0 Å². The molecule has 1 amide bonds. The van der Waals surface area contributed by atoms with Crippen LogP contribution in [0.3, 0.4) is 0 Å². The molecule has 1 aromatic carbocycles. The van der Waals surface area contributed by atoms with Gasteiger partial charge < -0.3 is 10.2 Å². The second-order valence-electron chi connectivity index (χ2n) is 8.06. The molecule has 29 heavy (non-hydrogen) atoms. The lowest BCUT2D eigenvalue weighted by Crippen LogP contribution is -2.33. The van der Waals surface area contributed by atoms with Gasteiger partial charge >= 0.3 is 0 Å². The molecule has 0 atom stereocenters. The number of carbonyl (C=O) groups excluding carboxylic acids is 1. The Balaban J connectivity index is 1.44. The number of hydrogen-bond donors (Lipinski definition) is 1. The third kappa shape index (κ3) is 5.20. The van der Waals surface area contributed by atoms with Gasteiger partial charge in [0.15, 0.2) is 0 Å². The second-order valence-corrected chi connectivity index (χ2v) is 9.35. The SMILES string of the molecule is O=C(CSC1CCCC1)NCc1nn(CCN2CCCC2)c(=O)c2ccccc12. The topological polar surface area (TPSA) is 67.2 Å². The van der Waals surface area contributed by atoms with E-state index >= 15 is 0 Å². The molecule has 1 aliphatic heterocycles. The van der Waals surface area contributed by atoms with Crippen molar-refractivity contribution >= 4 is 28.4 Å². The van der Waals surface area contributed by atoms with Gasteiger partial charge in [0.2, 0.25) is 5.91 Å². The van der Waals surface area contributed by atoms with Crippen LogP contribution in [0.5, 0.6) is 0 Å². The highest BCUT2D eigenvalue weighted by Gasteiger charge is 2.17. The van der Waals surface area contributed by atoms with Crippen molar-refractivity contribution in [3.05, 3.63) is 40.3 Å². The summed E-state index contributed by atoms with van der Waals surface area (Å²) in [6, 6.07) is 7.57. The van der Waals surface area contributed by atoms with Crippen LogP contribution in [0.2, 0.25) is 0 Å². The Hall–Kier alpha value is -1.86. The highest BCUT2D eigenvalue weighted by molar-refractivity contribution is 8.00. The third-order valence-electron chi connectivity index (χ3n) is 5.98. The quantitative estimate of drug-likeness (QED) is 0.719. The van der Waals surface area contributed by atoms with Crippen LogP contribution >= 0.6 is 11.8 Å². The molecule has 1 saturated carbocycles. The molecule has 0 bridgehead atoms. The van der Waals surface area contributed by atoms with Crippen LogP contribution in [0.15, 0.2) is 29.1 Å². The number of amides is 1. The first-order valence-corrected chi connectivity index (χ1v) is 11.8. The normalized spacial score (nSPS) is 17.9. The van der Waals surface area contributed by atoms with Gasteiger partial charge in [-0.15, -0.1) is 11.8 Å². The summed E-state index contributed by atoms with van der Waals surface area (Å²) in [7, 11) is 0. The summed E-state index contributed by atoms with van der Waals surface area (Å²) in [5.41, 5.74) is 0.715. The van der Waals surface area contributed by atoms with E-state index < -0.39 is 0 Å². The average molecular weight is 415 g/mol. The first kappa shape index (κ1) is 20.4. The van der Waals surface area contributed by atoms with Gasteiger partial charge in [0.05, 0.1) is 29.9 Å². The fourth-order valence-electron chi connectivity index (χ4n) is 4.31. The molecule has 1 aromatic heterocycles. The van der Waals surface area contributed by atoms with Gasteiger partial charge in [-0.1, -0.05) is 31.0 Å². The zero-order chi connectivity index (χ0) is 20.1. The molecule has 0 radical (unpaired) electrons. The summed E-state index contributed by atoms with van der Waals surface area (Å²) >= 11 is 1.77. The van der Waals surface area contributed by atoms with Crippen LogP contribution in [0.1, 0.15) is 44.2 Å². The number of thioether (sulfide) groups is 1. The first-order valence-electron chi connectivity index (χ1n) is 10.8. The number of nitrogens with zero attached hydrogens (tertiary/aromatic N) is 3. The van der Waals surface area contributed by atoms with Crippen molar-refractivity contribution in [2.75, 3.05) is 25.4 Å². The van der Waals surface area contributed by atoms with Crippen LogP contribution < -0.4 is 10.9 Å². The van der Waals surface area contributed by atoms with Crippen LogP contribution in [0.25, 0.3) is 10.8 Å². The van der Waals surface area contributed by atoms with E-state index in [9.17, 15) is 9.59 Å². The smallest absolute Gasteiger partial charge is 0.274 e. The predicted molar refractivity (Wildman–Crippen MR) is 118 cm³/mol. The maximum atomic E-state index is 12.9. The van der Waals surface area contributed by atoms with Crippen molar-refractivity contribution < 1.29 is 4.79 Å². The Labute approximate surface area is 176 Å². The van der Waals surface area contributed by atoms with Crippen LogP contribution in [-0.2, 0) is 17.9 Å². The number of likely N-dealkylation sites (tertiary alicyclic amines) is 1. The zero-order valence-corrected chi connectivity index (χ0v) is 17.8. The summed E-state index contributed by atoms with van der Waals surface area (Å²) < 4.78 is 1.58. The lowest BCUT2D eigenvalue weighted by Gasteiger charge is -2.16. The van der Waals surface area contributed by atoms with E-state index in [-0.39, 0.29) is 11.5 Å². The van der Waals surface area contributed by atoms with Gasteiger partial charge in [0.25, 0.3) is 5.56 Å². The molecule has 156 valence electrons. The Morgan fingerprint density at radius 2 is 1.79 bits per heavy atom. The summed E-state index contributed by atoms with van der Waals surface area (Å²) in [5, 5.41) is 9.78. The number of benzene rings is 1. The lowest BCUT2D eigenvalue weighted by atomic mass is 10.1. The molecular formula is C22H30N4O2S. The standard InChI is InChI=1S/C22H30N4O2S/c27-21(16-29-17-7-1-2-8-17)23-15-20-18-9-3-4-10-19(18)22(28)26(24-20)14-13-25-11-5-6-12-25/h3-4,9-10,17H,1-2,5-8,11-16H2,(H,23,27). The number of rotatable bonds is 8. The molecule has 1 N–H and O–H groups in total. The number of hydrogen-bond acceptors (Lipinski definition) is 5. The summed E-state index contributed by atoms with van der Waals surface area (Å²) in [4.78, 5) is 27.6.